The number of primary sulfonamides is 1. The van der Waals surface area contributed by atoms with Crippen molar-refractivity contribution >= 4 is 39.8 Å². The number of ether oxygens (including phenoxy) is 5. The van der Waals surface area contributed by atoms with E-state index in [0.29, 0.717) is 11.1 Å². The summed E-state index contributed by atoms with van der Waals surface area (Å²) < 4.78 is 92.7. The molecule has 2 heterocycles. The van der Waals surface area contributed by atoms with Crippen LogP contribution in [-0.4, -0.2) is 128 Å². The van der Waals surface area contributed by atoms with E-state index < -0.39 is 134 Å². The molecule has 3 fully saturated rings. The molecule has 0 radical (unpaired) electrons. The maximum Gasteiger partial charge on any atom is 0.435 e. The number of aliphatic hydroxyl groups is 4. The van der Waals surface area contributed by atoms with Gasteiger partial charge in [0.05, 0.1) is 51.9 Å². The molecule has 0 spiro atoms. The molecule has 1 amide bonds. The van der Waals surface area contributed by atoms with Gasteiger partial charge in [-0.15, -0.1) is 0 Å². The van der Waals surface area contributed by atoms with Crippen molar-refractivity contribution in [3.8, 4) is 16.9 Å². The fourth-order valence-electron chi connectivity index (χ4n) is 12.0. The van der Waals surface area contributed by atoms with E-state index in [9.17, 15) is 66.0 Å². The summed E-state index contributed by atoms with van der Waals surface area (Å²) in [6.45, 7) is 13.7. The Kier molecular flexibility index (Phi) is 17.1. The van der Waals surface area contributed by atoms with Gasteiger partial charge in [0.15, 0.2) is 23.2 Å². The second kappa shape index (κ2) is 22.9. The molecule has 3 aliphatic carbocycles. The lowest BCUT2D eigenvalue weighted by molar-refractivity contribution is -0.346. The molecule has 2 bridgehead atoms. The number of fused-ring (bicyclic) bond motifs is 5. The highest BCUT2D eigenvalue weighted by Crippen LogP contribution is 2.64. The topological polar surface area (TPSA) is 302 Å². The molecule has 4 aromatic carbocycles. The normalized spacial score (nSPS) is 27.1. The smallest absolute Gasteiger partial charge is 0.435 e. The van der Waals surface area contributed by atoms with Crippen molar-refractivity contribution in [1.82, 2.24) is 15.1 Å². The first-order valence-corrected chi connectivity index (χ1v) is 28.3. The van der Waals surface area contributed by atoms with Gasteiger partial charge in [0, 0.05) is 30.7 Å². The number of esters is 3. The number of rotatable bonds is 11. The van der Waals surface area contributed by atoms with Gasteiger partial charge in [-0.05, 0) is 101 Å². The van der Waals surface area contributed by atoms with Crippen LogP contribution in [0.5, 0.6) is 0 Å². The number of nitrogens with two attached hydrogens (primary N) is 1. The molecule has 1 unspecified atom stereocenters. The number of nitrogens with one attached hydrogen (secondary N) is 1. The van der Waals surface area contributed by atoms with Gasteiger partial charge in [-0.25, -0.2) is 32.6 Å². The Balaban J connectivity index is 0.000000294. The molecule has 5 aromatic rings. The lowest BCUT2D eigenvalue weighted by Crippen LogP contribution is -2.81. The standard InChI is InChI=1S/C43H53NO14.C17H14F3N3O2S/c1-22-26(55-37(51)32(48)30(24-15-11-9-12-16-24)44-38(52)58-39(3,4)5)20-43(53)35(56-36(50)25-17-13-10-14-18-25)33-41(8,34(49)31(47)29(22)40(43,6)7)27(46)19-28-42(33,21-54-28)57-23(2)45;1-11-2-4-12(5-3-11)15-10-16(17(18,19)20)22-23(15)13-6-8-14(9-7-13)26(21,24)25/h9-18,26-28,30-33,35,46-48,53H,19-21H2,1-8H3,(H,44,52);2-10H,1H3,(H2,21,24,25)/t26-,27-,28+,30-,31+,32?,33-,35-,41+,42-,43+;/m0./s1. The number of aryl methyl sites for hydroxylation is 1. The predicted octanol–water partition coefficient (Wildman–Crippen LogP) is 6.77. The van der Waals surface area contributed by atoms with Crippen LogP contribution in [0.15, 0.2) is 131 Å². The summed E-state index contributed by atoms with van der Waals surface area (Å²) in [5.74, 6) is -5.36. The first-order chi connectivity index (χ1) is 39.0. The minimum Gasteiger partial charge on any atom is -0.456 e. The van der Waals surface area contributed by atoms with E-state index >= 15 is 0 Å². The van der Waals surface area contributed by atoms with Crippen LogP contribution in [-0.2, 0) is 54.3 Å². The molecule has 1 saturated heterocycles. The van der Waals surface area contributed by atoms with Crippen LogP contribution in [0.1, 0.15) is 101 Å². The highest BCUT2D eigenvalue weighted by molar-refractivity contribution is 7.89. The largest absolute Gasteiger partial charge is 0.456 e. The monoisotopic (exact) mass is 1190 g/mol. The summed E-state index contributed by atoms with van der Waals surface area (Å²) in [6, 6.07) is 27.7. The third-order valence-electron chi connectivity index (χ3n) is 16.3. The van der Waals surface area contributed by atoms with Crippen LogP contribution in [0.3, 0.4) is 0 Å². The van der Waals surface area contributed by atoms with Crippen LogP contribution in [0, 0.1) is 23.7 Å². The Morgan fingerprint density at radius 1 is 0.881 bits per heavy atom. The van der Waals surface area contributed by atoms with E-state index in [-0.39, 0.29) is 46.0 Å². The number of nitrogens with zero attached hydrogens (tertiary/aromatic N) is 2. The van der Waals surface area contributed by atoms with Gasteiger partial charge in [0.1, 0.15) is 35.6 Å². The van der Waals surface area contributed by atoms with Gasteiger partial charge < -0.3 is 49.4 Å². The van der Waals surface area contributed by atoms with Crippen molar-refractivity contribution in [2.24, 2.45) is 21.9 Å². The summed E-state index contributed by atoms with van der Waals surface area (Å²) in [5, 5.41) is 60.3. The van der Waals surface area contributed by atoms with Crippen molar-refractivity contribution in [3.05, 3.63) is 149 Å². The lowest BCUT2D eigenvalue weighted by atomic mass is 9.44. The molecule has 450 valence electrons. The van der Waals surface area contributed by atoms with Crippen molar-refractivity contribution in [3.63, 3.8) is 0 Å². The van der Waals surface area contributed by atoms with Gasteiger partial charge in [-0.2, -0.15) is 18.3 Å². The van der Waals surface area contributed by atoms with Crippen LogP contribution in [0.2, 0.25) is 0 Å². The zero-order valence-corrected chi connectivity index (χ0v) is 48.2. The Morgan fingerprint density at radius 2 is 1.48 bits per heavy atom. The number of aliphatic hydroxyl groups excluding tert-OH is 3. The second-order valence-electron chi connectivity index (χ2n) is 23.3. The number of alkyl carbamates (subject to hydrolysis) is 1. The van der Waals surface area contributed by atoms with Crippen molar-refractivity contribution in [2.75, 3.05) is 6.61 Å². The Labute approximate surface area is 482 Å². The van der Waals surface area contributed by atoms with Gasteiger partial charge >= 0.3 is 30.2 Å². The van der Waals surface area contributed by atoms with E-state index in [2.05, 4.69) is 10.4 Å². The molecule has 9 rings (SSSR count). The maximum atomic E-state index is 14.9. The summed E-state index contributed by atoms with van der Waals surface area (Å²) >= 11 is 0. The third kappa shape index (κ3) is 11.9. The molecule has 11 atom stereocenters. The summed E-state index contributed by atoms with van der Waals surface area (Å²) in [7, 11) is -3.90. The number of Topliss-reactive ketones (excluding diaryl/α,β-unsaturated/α-hetero) is 1. The number of aromatic nitrogens is 2. The van der Waals surface area contributed by atoms with E-state index in [4.69, 9.17) is 28.8 Å². The zero-order valence-electron chi connectivity index (χ0n) is 47.4. The Hall–Kier alpha value is -7.32. The van der Waals surface area contributed by atoms with E-state index in [1.165, 1.54) is 50.2 Å². The van der Waals surface area contributed by atoms with Gasteiger partial charge in [-0.3, -0.25) is 9.59 Å². The van der Waals surface area contributed by atoms with E-state index in [1.54, 1.807) is 107 Å². The van der Waals surface area contributed by atoms with Gasteiger partial charge in [0.2, 0.25) is 10.0 Å². The minimum absolute atomic E-state index is 0.0637. The fraction of sp³-hybridized carbons (Fsp3) is 0.433. The summed E-state index contributed by atoms with van der Waals surface area (Å²) in [6.07, 6.45) is -16.1. The van der Waals surface area contributed by atoms with Crippen molar-refractivity contribution in [1.29, 1.82) is 0 Å². The number of hydrogen-bond donors (Lipinski definition) is 6. The maximum absolute atomic E-state index is 14.9. The fourth-order valence-corrected chi connectivity index (χ4v) is 12.5. The number of ketones is 1. The molecule has 7 N–H and O–H groups in total. The number of sulfonamides is 1. The predicted molar refractivity (Wildman–Crippen MR) is 294 cm³/mol. The molecule has 84 heavy (non-hydrogen) atoms. The summed E-state index contributed by atoms with van der Waals surface area (Å²) in [5.41, 5.74) is -7.14. The third-order valence-corrected chi connectivity index (χ3v) is 17.3. The molecule has 2 saturated carbocycles. The first kappa shape index (κ1) is 62.7. The van der Waals surface area contributed by atoms with Gasteiger partial charge in [-0.1, -0.05) is 92.2 Å². The highest BCUT2D eigenvalue weighted by atomic mass is 32.2. The van der Waals surface area contributed by atoms with Crippen LogP contribution in [0.4, 0.5) is 18.0 Å². The lowest BCUT2D eigenvalue weighted by Gasteiger charge is -2.67. The molecule has 20 nitrogen and oxygen atoms in total. The molecule has 1 aromatic heterocycles. The highest BCUT2D eigenvalue weighted by Gasteiger charge is 2.78. The quantitative estimate of drug-likeness (QED) is 0.0451. The summed E-state index contributed by atoms with van der Waals surface area (Å²) in [4.78, 5) is 68.8. The zero-order chi connectivity index (χ0) is 61.9. The van der Waals surface area contributed by atoms with Crippen molar-refractivity contribution < 1.29 is 89.7 Å². The van der Waals surface area contributed by atoms with Crippen LogP contribution >= 0.6 is 0 Å². The Bertz CT molecular complexity index is 3460. The SMILES string of the molecule is CC(=O)O[C@@]12CO[C@@H]1C[C@H](O)[C@@]1(C)C(=O)[C@H](O)C3=C(C)[C@@H](OC(=O)C(O)[C@@H](NC(=O)OC(C)(C)C)c4ccccc4)C[C@@](O)([C@@H](OC(=O)c4ccccc4)[C@H]21)C3(C)C.Cc1ccc(-c2cc(C(F)(F)F)nn2-c2ccc(S(N)(=O)=O)cc2)cc1. The number of halogens is 3. The van der Waals surface area contributed by atoms with E-state index in [0.717, 1.165) is 23.2 Å². The number of hydrogen-bond acceptors (Lipinski definition) is 17. The molecule has 24 heteroatoms. The van der Waals surface area contributed by atoms with Gasteiger partial charge in [0.25, 0.3) is 0 Å². The minimum atomic E-state index is -4.61. The number of amides is 1. The molecular weight excluding hydrogens is 1120 g/mol. The first-order valence-electron chi connectivity index (χ1n) is 26.8. The molecular formula is C60H67F3N4O16S. The Morgan fingerprint density at radius 3 is 2.01 bits per heavy atom. The second-order valence-corrected chi connectivity index (χ2v) is 24.9. The number of carbonyl (C=O) groups excluding carboxylic acids is 5. The number of carbonyl (C=O) groups is 5. The van der Waals surface area contributed by atoms with E-state index in [1.807, 2.05) is 6.92 Å². The molecule has 4 aliphatic rings. The number of benzene rings is 4. The number of alkyl halides is 3. The molecule has 1 aliphatic heterocycles. The average Bonchev–Trinajstić information content (AvgIpc) is 0.760. The van der Waals surface area contributed by atoms with Crippen LogP contribution in [0.25, 0.3) is 16.9 Å². The van der Waals surface area contributed by atoms with Crippen molar-refractivity contribution in [2.45, 2.75) is 146 Å². The van der Waals surface area contributed by atoms with Crippen LogP contribution < -0.4 is 10.5 Å². The average molecular weight is 1190 g/mol.